The van der Waals surface area contributed by atoms with E-state index in [4.69, 9.17) is 0 Å². The smallest absolute Gasteiger partial charge is 0.348 e. The second kappa shape index (κ2) is 4.86. The summed E-state index contributed by atoms with van der Waals surface area (Å²) < 4.78 is 37.9. The second-order valence-corrected chi connectivity index (χ2v) is 4.00. The number of nitrogens with one attached hydrogen (secondary N) is 2. The fourth-order valence-corrected chi connectivity index (χ4v) is 1.69. The van der Waals surface area contributed by atoms with Crippen LogP contribution in [0.3, 0.4) is 0 Å². The molecule has 1 saturated heterocycles. The highest BCUT2D eigenvalue weighted by Gasteiger charge is 2.46. The maximum absolute atomic E-state index is 12.6. The number of hydrogen-bond acceptors (Lipinski definition) is 2. The van der Waals surface area contributed by atoms with Crippen molar-refractivity contribution < 1.29 is 18.0 Å². The Morgan fingerprint density at radius 1 is 1.50 bits per heavy atom. The van der Waals surface area contributed by atoms with Crippen molar-refractivity contribution >= 4 is 5.91 Å². The first kappa shape index (κ1) is 13.0. The first-order valence-electron chi connectivity index (χ1n) is 5.06. The lowest BCUT2D eigenvalue weighted by molar-refractivity contribution is -0.187. The molecular weight excluding hydrogens is 221 g/mol. The van der Waals surface area contributed by atoms with Gasteiger partial charge in [-0.05, 0) is 19.9 Å². The highest BCUT2D eigenvalue weighted by atomic mass is 19.4. The molecule has 1 amide bonds. The SMILES string of the molecule is C=C(C)C(=O)NC1CNCCC1C(F)(F)F. The van der Waals surface area contributed by atoms with Crippen molar-refractivity contribution in [1.82, 2.24) is 10.6 Å². The molecule has 1 aliphatic heterocycles. The Kier molecular flexibility index (Phi) is 3.96. The zero-order valence-electron chi connectivity index (χ0n) is 9.03. The van der Waals surface area contributed by atoms with Crippen LogP contribution in [0.4, 0.5) is 13.2 Å². The third kappa shape index (κ3) is 3.23. The molecule has 0 aliphatic carbocycles. The number of halogens is 3. The van der Waals surface area contributed by atoms with Gasteiger partial charge < -0.3 is 10.6 Å². The van der Waals surface area contributed by atoms with Crippen LogP contribution in [0.2, 0.25) is 0 Å². The molecule has 0 aromatic rings. The summed E-state index contributed by atoms with van der Waals surface area (Å²) >= 11 is 0. The van der Waals surface area contributed by atoms with E-state index in [9.17, 15) is 18.0 Å². The Hall–Kier alpha value is -1.04. The van der Waals surface area contributed by atoms with Crippen molar-refractivity contribution in [1.29, 1.82) is 0 Å². The minimum atomic E-state index is -4.27. The first-order chi connectivity index (χ1) is 7.32. The van der Waals surface area contributed by atoms with Gasteiger partial charge >= 0.3 is 6.18 Å². The van der Waals surface area contributed by atoms with Gasteiger partial charge in [-0.3, -0.25) is 4.79 Å². The third-order valence-electron chi connectivity index (χ3n) is 2.61. The van der Waals surface area contributed by atoms with Crippen LogP contribution in [0.1, 0.15) is 13.3 Å². The largest absolute Gasteiger partial charge is 0.393 e. The zero-order chi connectivity index (χ0) is 12.3. The van der Waals surface area contributed by atoms with Gasteiger partial charge in [0.05, 0.1) is 12.0 Å². The lowest BCUT2D eigenvalue weighted by Gasteiger charge is -2.34. The van der Waals surface area contributed by atoms with E-state index in [1.807, 2.05) is 0 Å². The molecule has 0 bridgehead atoms. The van der Waals surface area contributed by atoms with Crippen LogP contribution >= 0.6 is 0 Å². The molecule has 0 saturated carbocycles. The van der Waals surface area contributed by atoms with Crippen molar-refractivity contribution in [3.63, 3.8) is 0 Å². The van der Waals surface area contributed by atoms with Crippen molar-refractivity contribution in [2.45, 2.75) is 25.6 Å². The highest BCUT2D eigenvalue weighted by molar-refractivity contribution is 5.92. The van der Waals surface area contributed by atoms with E-state index in [1.165, 1.54) is 6.92 Å². The van der Waals surface area contributed by atoms with Gasteiger partial charge in [0.15, 0.2) is 0 Å². The Bertz CT molecular complexity index is 288. The van der Waals surface area contributed by atoms with Crippen LogP contribution in [0.25, 0.3) is 0 Å². The van der Waals surface area contributed by atoms with Gasteiger partial charge in [0.1, 0.15) is 0 Å². The summed E-state index contributed by atoms with van der Waals surface area (Å²) in [5.41, 5.74) is 0.214. The van der Waals surface area contributed by atoms with Crippen LogP contribution in [0, 0.1) is 5.92 Å². The van der Waals surface area contributed by atoms with Gasteiger partial charge in [-0.25, -0.2) is 0 Å². The third-order valence-corrected chi connectivity index (χ3v) is 2.61. The predicted octanol–water partition coefficient (Wildman–Crippen LogP) is 1.22. The van der Waals surface area contributed by atoms with E-state index in [0.29, 0.717) is 6.54 Å². The van der Waals surface area contributed by atoms with Gasteiger partial charge in [0.25, 0.3) is 0 Å². The minimum Gasteiger partial charge on any atom is -0.348 e. The van der Waals surface area contributed by atoms with E-state index in [0.717, 1.165) is 0 Å². The molecule has 1 fully saturated rings. The summed E-state index contributed by atoms with van der Waals surface area (Å²) in [5, 5.41) is 5.19. The minimum absolute atomic E-state index is 0.00929. The lowest BCUT2D eigenvalue weighted by Crippen LogP contribution is -2.55. The summed E-state index contributed by atoms with van der Waals surface area (Å²) in [6, 6.07) is -0.905. The second-order valence-electron chi connectivity index (χ2n) is 4.00. The van der Waals surface area contributed by atoms with Crippen molar-refractivity contribution in [2.75, 3.05) is 13.1 Å². The highest BCUT2D eigenvalue weighted by Crippen LogP contribution is 2.32. The molecule has 0 aromatic carbocycles. The molecule has 0 spiro atoms. The lowest BCUT2D eigenvalue weighted by atomic mass is 9.92. The van der Waals surface area contributed by atoms with Gasteiger partial charge in [-0.15, -0.1) is 0 Å². The quantitative estimate of drug-likeness (QED) is 0.708. The van der Waals surface area contributed by atoms with E-state index in [1.54, 1.807) is 0 Å². The molecule has 6 heteroatoms. The summed E-state index contributed by atoms with van der Waals surface area (Å²) in [4.78, 5) is 11.3. The summed E-state index contributed by atoms with van der Waals surface area (Å²) in [6.07, 6.45) is -4.28. The number of amides is 1. The molecule has 16 heavy (non-hydrogen) atoms. The Morgan fingerprint density at radius 3 is 2.62 bits per heavy atom. The van der Waals surface area contributed by atoms with Crippen LogP contribution < -0.4 is 10.6 Å². The number of piperidine rings is 1. The summed E-state index contributed by atoms with van der Waals surface area (Å²) in [7, 11) is 0. The molecule has 2 N–H and O–H groups in total. The van der Waals surface area contributed by atoms with Gasteiger partial charge in [0.2, 0.25) is 5.91 Å². The van der Waals surface area contributed by atoms with Gasteiger partial charge in [-0.2, -0.15) is 13.2 Å². The van der Waals surface area contributed by atoms with Crippen molar-refractivity contribution in [3.8, 4) is 0 Å². The zero-order valence-corrected chi connectivity index (χ0v) is 9.03. The van der Waals surface area contributed by atoms with Gasteiger partial charge in [0, 0.05) is 12.1 Å². The summed E-state index contributed by atoms with van der Waals surface area (Å²) in [6.45, 7) is 5.33. The maximum Gasteiger partial charge on any atom is 0.393 e. The summed E-state index contributed by atoms with van der Waals surface area (Å²) in [5.74, 6) is -2.00. The molecule has 0 radical (unpaired) electrons. The molecule has 3 nitrogen and oxygen atoms in total. The monoisotopic (exact) mass is 236 g/mol. The van der Waals surface area contributed by atoms with E-state index in [-0.39, 0.29) is 18.5 Å². The Morgan fingerprint density at radius 2 is 2.12 bits per heavy atom. The Labute approximate surface area is 92.1 Å². The first-order valence-corrected chi connectivity index (χ1v) is 5.06. The van der Waals surface area contributed by atoms with Crippen LogP contribution in [0.5, 0.6) is 0 Å². The fraction of sp³-hybridized carbons (Fsp3) is 0.700. The van der Waals surface area contributed by atoms with Crippen LogP contribution in [-0.2, 0) is 4.79 Å². The van der Waals surface area contributed by atoms with Crippen LogP contribution in [-0.4, -0.2) is 31.2 Å². The molecule has 2 atom stereocenters. The topological polar surface area (TPSA) is 41.1 Å². The fourth-order valence-electron chi connectivity index (χ4n) is 1.69. The van der Waals surface area contributed by atoms with Crippen LogP contribution in [0.15, 0.2) is 12.2 Å². The van der Waals surface area contributed by atoms with E-state index < -0.39 is 24.0 Å². The number of carbonyl (C=O) groups is 1. The molecule has 92 valence electrons. The van der Waals surface area contributed by atoms with E-state index in [2.05, 4.69) is 17.2 Å². The molecule has 0 aromatic heterocycles. The van der Waals surface area contributed by atoms with E-state index >= 15 is 0 Å². The average Bonchev–Trinajstić information content (AvgIpc) is 2.16. The molecule has 2 unspecified atom stereocenters. The van der Waals surface area contributed by atoms with Gasteiger partial charge in [-0.1, -0.05) is 6.58 Å². The number of hydrogen-bond donors (Lipinski definition) is 2. The number of carbonyl (C=O) groups excluding carboxylic acids is 1. The number of alkyl halides is 3. The molecule has 1 heterocycles. The number of rotatable bonds is 2. The van der Waals surface area contributed by atoms with Crippen molar-refractivity contribution in [3.05, 3.63) is 12.2 Å². The van der Waals surface area contributed by atoms with Crippen molar-refractivity contribution in [2.24, 2.45) is 5.92 Å². The molecule has 1 aliphatic rings. The average molecular weight is 236 g/mol. The molecular formula is C10H15F3N2O. The maximum atomic E-state index is 12.6. The molecule has 1 rings (SSSR count). The Balaban J connectivity index is 2.68. The normalized spacial score (nSPS) is 26.2. The predicted molar refractivity (Wildman–Crippen MR) is 53.8 cm³/mol. The standard InChI is InChI=1S/C10H15F3N2O/c1-6(2)9(16)15-8-5-14-4-3-7(8)10(11,12)13/h7-8,14H,1,3-5H2,2H3,(H,15,16).